The van der Waals surface area contributed by atoms with Crippen LogP contribution < -0.4 is 5.32 Å². The fourth-order valence-electron chi connectivity index (χ4n) is 2.99. The van der Waals surface area contributed by atoms with Crippen molar-refractivity contribution < 1.29 is 14.7 Å². The molecule has 2 N–H and O–H groups in total. The fourth-order valence-corrected chi connectivity index (χ4v) is 2.99. The lowest BCUT2D eigenvalue weighted by molar-refractivity contribution is -0.126. The van der Waals surface area contributed by atoms with Crippen LogP contribution in [0.15, 0.2) is 54.6 Å². The second-order valence-electron chi connectivity index (χ2n) is 6.45. The molecule has 0 unspecified atom stereocenters. The maximum Gasteiger partial charge on any atom is 0.335 e. The van der Waals surface area contributed by atoms with E-state index in [-0.39, 0.29) is 16.9 Å². The highest BCUT2D eigenvalue weighted by atomic mass is 16.4. The molecule has 0 saturated heterocycles. The van der Waals surface area contributed by atoms with E-state index in [1.807, 2.05) is 24.3 Å². The summed E-state index contributed by atoms with van der Waals surface area (Å²) in [7, 11) is 0. The van der Waals surface area contributed by atoms with Gasteiger partial charge in [0.15, 0.2) is 0 Å². The third-order valence-corrected chi connectivity index (χ3v) is 4.59. The molecule has 1 aliphatic rings. The predicted molar refractivity (Wildman–Crippen MR) is 91.9 cm³/mol. The highest BCUT2D eigenvalue weighted by Crippen LogP contribution is 2.48. The van der Waals surface area contributed by atoms with E-state index in [1.54, 1.807) is 18.2 Å². The summed E-state index contributed by atoms with van der Waals surface area (Å²) in [5.41, 5.74) is 2.15. The van der Waals surface area contributed by atoms with Gasteiger partial charge < -0.3 is 10.4 Å². The number of carbonyl (C=O) groups is 2. The molecule has 1 aliphatic carbocycles. The smallest absolute Gasteiger partial charge is 0.335 e. The predicted octanol–water partition coefficient (Wildman–Crippen LogP) is 3.07. The molecule has 24 heavy (non-hydrogen) atoms. The van der Waals surface area contributed by atoms with E-state index in [2.05, 4.69) is 17.4 Å². The summed E-state index contributed by atoms with van der Waals surface area (Å²) in [6, 6.07) is 16.9. The normalized spacial score (nSPS) is 14.8. The minimum Gasteiger partial charge on any atom is -0.478 e. The second-order valence-corrected chi connectivity index (χ2v) is 6.45. The third kappa shape index (κ3) is 3.82. The molecular formula is C20H21NO3. The lowest BCUT2D eigenvalue weighted by Gasteiger charge is -2.15. The van der Waals surface area contributed by atoms with Gasteiger partial charge in [0.2, 0.25) is 5.91 Å². The summed E-state index contributed by atoms with van der Waals surface area (Å²) < 4.78 is 0. The monoisotopic (exact) mass is 323 g/mol. The van der Waals surface area contributed by atoms with E-state index in [9.17, 15) is 9.59 Å². The van der Waals surface area contributed by atoms with Crippen LogP contribution in [-0.4, -0.2) is 23.5 Å². The molecule has 1 amide bonds. The number of carboxylic acids is 1. The van der Waals surface area contributed by atoms with Crippen molar-refractivity contribution in [2.24, 2.45) is 5.41 Å². The third-order valence-electron chi connectivity index (χ3n) is 4.59. The van der Waals surface area contributed by atoms with Crippen molar-refractivity contribution in [2.45, 2.75) is 25.7 Å². The first kappa shape index (κ1) is 16.2. The Morgan fingerprint density at radius 2 is 1.71 bits per heavy atom. The Labute approximate surface area is 141 Å². The SMILES string of the molecule is O=C(O)c1cccc(CCNC(=O)C2(Cc3ccccc3)CC2)c1. The van der Waals surface area contributed by atoms with Crippen molar-refractivity contribution in [2.75, 3.05) is 6.54 Å². The van der Waals surface area contributed by atoms with Crippen LogP contribution in [0.25, 0.3) is 0 Å². The van der Waals surface area contributed by atoms with Gasteiger partial charge in [-0.2, -0.15) is 0 Å². The number of benzene rings is 2. The Kier molecular flexibility index (Phi) is 4.65. The molecular weight excluding hydrogens is 302 g/mol. The average molecular weight is 323 g/mol. The van der Waals surface area contributed by atoms with Gasteiger partial charge >= 0.3 is 5.97 Å². The topological polar surface area (TPSA) is 66.4 Å². The van der Waals surface area contributed by atoms with Crippen LogP contribution in [0, 0.1) is 5.41 Å². The first-order valence-electron chi connectivity index (χ1n) is 8.24. The van der Waals surface area contributed by atoms with Gasteiger partial charge in [-0.25, -0.2) is 4.79 Å². The van der Waals surface area contributed by atoms with Gasteiger partial charge in [-0.1, -0.05) is 42.5 Å². The van der Waals surface area contributed by atoms with Gasteiger partial charge in [0.05, 0.1) is 11.0 Å². The minimum absolute atomic E-state index is 0.112. The van der Waals surface area contributed by atoms with Crippen molar-refractivity contribution in [1.29, 1.82) is 0 Å². The van der Waals surface area contributed by atoms with Crippen LogP contribution in [0.2, 0.25) is 0 Å². The van der Waals surface area contributed by atoms with E-state index in [4.69, 9.17) is 5.11 Å². The summed E-state index contributed by atoms with van der Waals surface area (Å²) in [5, 5.41) is 12.0. The minimum atomic E-state index is -0.930. The highest BCUT2D eigenvalue weighted by molar-refractivity contribution is 5.87. The van der Waals surface area contributed by atoms with Crippen molar-refractivity contribution in [3.8, 4) is 0 Å². The zero-order valence-corrected chi connectivity index (χ0v) is 13.5. The number of rotatable bonds is 7. The molecule has 0 radical (unpaired) electrons. The molecule has 0 heterocycles. The molecule has 4 heteroatoms. The molecule has 124 valence electrons. The number of hydrogen-bond donors (Lipinski definition) is 2. The number of hydrogen-bond acceptors (Lipinski definition) is 2. The number of nitrogens with one attached hydrogen (secondary N) is 1. The summed E-state index contributed by atoms with van der Waals surface area (Å²) >= 11 is 0. The lowest BCUT2D eigenvalue weighted by Crippen LogP contribution is -2.34. The Bertz CT molecular complexity index is 736. The van der Waals surface area contributed by atoms with Crippen molar-refractivity contribution >= 4 is 11.9 Å². The van der Waals surface area contributed by atoms with Crippen LogP contribution >= 0.6 is 0 Å². The quantitative estimate of drug-likeness (QED) is 0.823. The van der Waals surface area contributed by atoms with Crippen LogP contribution in [-0.2, 0) is 17.6 Å². The second kappa shape index (κ2) is 6.87. The van der Waals surface area contributed by atoms with Crippen molar-refractivity contribution in [3.63, 3.8) is 0 Å². The van der Waals surface area contributed by atoms with Crippen molar-refractivity contribution in [1.82, 2.24) is 5.32 Å². The van der Waals surface area contributed by atoms with Gasteiger partial charge in [-0.05, 0) is 48.9 Å². The van der Waals surface area contributed by atoms with Gasteiger partial charge in [0, 0.05) is 6.54 Å². The Hall–Kier alpha value is -2.62. The zero-order valence-electron chi connectivity index (χ0n) is 13.5. The lowest BCUT2D eigenvalue weighted by atomic mass is 9.95. The molecule has 2 aromatic rings. The number of carbonyl (C=O) groups excluding carboxylic acids is 1. The van der Waals surface area contributed by atoms with E-state index >= 15 is 0 Å². The molecule has 0 atom stereocenters. The van der Waals surface area contributed by atoms with E-state index in [0.29, 0.717) is 13.0 Å². The summed E-state index contributed by atoms with van der Waals surface area (Å²) in [5.74, 6) is -0.818. The van der Waals surface area contributed by atoms with Crippen LogP contribution in [0.4, 0.5) is 0 Å². The molecule has 4 nitrogen and oxygen atoms in total. The number of amides is 1. The van der Waals surface area contributed by atoms with Crippen LogP contribution in [0.3, 0.4) is 0 Å². The standard InChI is InChI=1S/C20H21NO3/c22-18(23)17-8-4-7-15(13-17)9-12-21-19(24)20(10-11-20)14-16-5-2-1-3-6-16/h1-8,13H,9-12,14H2,(H,21,24)(H,22,23). The van der Waals surface area contributed by atoms with Crippen molar-refractivity contribution in [3.05, 3.63) is 71.3 Å². The first-order chi connectivity index (χ1) is 11.6. The summed E-state index contributed by atoms with van der Waals surface area (Å²) in [6.07, 6.45) is 3.28. The van der Waals surface area contributed by atoms with Gasteiger partial charge in [0.25, 0.3) is 0 Å². The van der Waals surface area contributed by atoms with Gasteiger partial charge in [-0.15, -0.1) is 0 Å². The Morgan fingerprint density at radius 1 is 1.00 bits per heavy atom. The molecule has 3 rings (SSSR count). The number of carboxylic acid groups (broad SMARTS) is 1. The molecule has 0 spiro atoms. The number of aromatic carboxylic acids is 1. The zero-order chi connectivity index (χ0) is 17.0. The maximum atomic E-state index is 12.5. The molecule has 0 bridgehead atoms. The highest BCUT2D eigenvalue weighted by Gasteiger charge is 2.49. The van der Waals surface area contributed by atoms with Gasteiger partial charge in [-0.3, -0.25) is 4.79 Å². The molecule has 0 aromatic heterocycles. The van der Waals surface area contributed by atoms with Crippen LogP contribution in [0.1, 0.15) is 34.3 Å². The summed E-state index contributed by atoms with van der Waals surface area (Å²) in [6.45, 7) is 0.526. The molecule has 2 aromatic carbocycles. The molecule has 0 aliphatic heterocycles. The first-order valence-corrected chi connectivity index (χ1v) is 8.24. The van der Waals surface area contributed by atoms with Gasteiger partial charge in [0.1, 0.15) is 0 Å². The van der Waals surface area contributed by atoms with E-state index < -0.39 is 5.97 Å². The Balaban J connectivity index is 1.52. The largest absolute Gasteiger partial charge is 0.478 e. The summed E-state index contributed by atoms with van der Waals surface area (Å²) in [4.78, 5) is 23.5. The average Bonchev–Trinajstić information content (AvgIpc) is 3.37. The molecule has 1 fully saturated rings. The fraction of sp³-hybridized carbons (Fsp3) is 0.300. The maximum absolute atomic E-state index is 12.5. The molecule has 1 saturated carbocycles. The van der Waals surface area contributed by atoms with E-state index in [1.165, 1.54) is 5.56 Å². The Morgan fingerprint density at radius 3 is 2.38 bits per heavy atom. The van der Waals surface area contributed by atoms with E-state index in [0.717, 1.165) is 24.8 Å². The van der Waals surface area contributed by atoms with Crippen LogP contribution in [0.5, 0.6) is 0 Å².